The molecule has 2 N–H and O–H groups in total. The molecule has 0 bridgehead atoms. The van der Waals surface area contributed by atoms with Gasteiger partial charge in [0, 0.05) is 18.8 Å². The standard InChI is InChI=1S/C12H13N5O3/c1-7(10-16-14-6-17(10)2)15-11(18)8-3-4-13-9(5-8)12(19)20/h3-7H,1-2H3,(H,15,18)(H,19,20). The van der Waals surface area contributed by atoms with Gasteiger partial charge in [-0.3, -0.25) is 4.79 Å². The van der Waals surface area contributed by atoms with Gasteiger partial charge >= 0.3 is 5.97 Å². The van der Waals surface area contributed by atoms with E-state index in [1.807, 2.05) is 0 Å². The van der Waals surface area contributed by atoms with Crippen molar-refractivity contribution < 1.29 is 14.7 Å². The highest BCUT2D eigenvalue weighted by atomic mass is 16.4. The highest BCUT2D eigenvalue weighted by molar-refractivity contribution is 5.96. The minimum Gasteiger partial charge on any atom is -0.477 e. The first kappa shape index (κ1) is 13.7. The molecule has 0 spiro atoms. The molecule has 0 aliphatic heterocycles. The summed E-state index contributed by atoms with van der Waals surface area (Å²) in [4.78, 5) is 26.5. The van der Waals surface area contributed by atoms with Crippen molar-refractivity contribution in [1.29, 1.82) is 0 Å². The zero-order valence-corrected chi connectivity index (χ0v) is 10.9. The van der Waals surface area contributed by atoms with Crippen LogP contribution in [0.3, 0.4) is 0 Å². The van der Waals surface area contributed by atoms with E-state index in [-0.39, 0.29) is 17.3 Å². The van der Waals surface area contributed by atoms with Gasteiger partial charge in [-0.2, -0.15) is 0 Å². The van der Waals surface area contributed by atoms with Crippen molar-refractivity contribution in [3.63, 3.8) is 0 Å². The van der Waals surface area contributed by atoms with E-state index in [4.69, 9.17) is 5.11 Å². The molecule has 0 saturated heterocycles. The normalized spacial score (nSPS) is 11.9. The van der Waals surface area contributed by atoms with Crippen LogP contribution < -0.4 is 5.32 Å². The predicted octanol–water partition coefficient (Wildman–Crippen LogP) is 0.399. The summed E-state index contributed by atoms with van der Waals surface area (Å²) >= 11 is 0. The van der Waals surface area contributed by atoms with Crippen LogP contribution in [0, 0.1) is 0 Å². The van der Waals surface area contributed by atoms with Gasteiger partial charge in [0.2, 0.25) is 0 Å². The number of aromatic nitrogens is 4. The van der Waals surface area contributed by atoms with Gasteiger partial charge in [-0.25, -0.2) is 9.78 Å². The highest BCUT2D eigenvalue weighted by Crippen LogP contribution is 2.09. The number of carboxylic acids is 1. The number of pyridine rings is 1. The van der Waals surface area contributed by atoms with Crippen LogP contribution in [0.15, 0.2) is 24.7 Å². The monoisotopic (exact) mass is 275 g/mol. The maximum Gasteiger partial charge on any atom is 0.354 e. The molecule has 0 radical (unpaired) electrons. The lowest BCUT2D eigenvalue weighted by atomic mass is 10.2. The predicted molar refractivity (Wildman–Crippen MR) is 68.1 cm³/mol. The van der Waals surface area contributed by atoms with E-state index < -0.39 is 11.9 Å². The zero-order valence-electron chi connectivity index (χ0n) is 10.9. The molecule has 104 valence electrons. The number of hydrogen-bond acceptors (Lipinski definition) is 5. The molecule has 0 aliphatic rings. The Balaban J connectivity index is 2.14. The van der Waals surface area contributed by atoms with E-state index in [1.165, 1.54) is 24.7 Å². The molecule has 8 nitrogen and oxygen atoms in total. The minimum absolute atomic E-state index is 0.177. The van der Waals surface area contributed by atoms with Gasteiger partial charge in [-0.05, 0) is 19.1 Å². The van der Waals surface area contributed by atoms with E-state index in [0.717, 1.165) is 0 Å². The number of rotatable bonds is 4. The van der Waals surface area contributed by atoms with E-state index in [9.17, 15) is 9.59 Å². The van der Waals surface area contributed by atoms with E-state index in [1.54, 1.807) is 18.5 Å². The van der Waals surface area contributed by atoms with Gasteiger partial charge < -0.3 is 15.0 Å². The Labute approximate surface area is 114 Å². The van der Waals surface area contributed by atoms with Crippen LogP contribution in [0.1, 0.15) is 39.6 Å². The fourth-order valence-corrected chi connectivity index (χ4v) is 1.72. The lowest BCUT2D eigenvalue weighted by Crippen LogP contribution is -2.28. The number of carbonyl (C=O) groups is 2. The van der Waals surface area contributed by atoms with Crippen LogP contribution in [0.25, 0.3) is 0 Å². The first-order valence-electron chi connectivity index (χ1n) is 5.83. The van der Waals surface area contributed by atoms with Crippen molar-refractivity contribution in [2.75, 3.05) is 0 Å². The Hall–Kier alpha value is -2.77. The molecule has 0 aliphatic carbocycles. The third kappa shape index (κ3) is 2.79. The molecule has 1 unspecified atom stereocenters. The van der Waals surface area contributed by atoms with Crippen LogP contribution in [0.4, 0.5) is 0 Å². The molecule has 2 rings (SSSR count). The van der Waals surface area contributed by atoms with Crippen molar-refractivity contribution in [2.24, 2.45) is 7.05 Å². The molecular formula is C12H13N5O3. The second-order valence-electron chi connectivity index (χ2n) is 4.23. The summed E-state index contributed by atoms with van der Waals surface area (Å²) < 4.78 is 1.69. The fourth-order valence-electron chi connectivity index (χ4n) is 1.72. The molecular weight excluding hydrogens is 262 g/mol. The molecule has 2 aromatic heterocycles. The lowest BCUT2D eigenvalue weighted by Gasteiger charge is -2.13. The molecule has 2 aromatic rings. The third-order valence-corrected chi connectivity index (χ3v) is 2.72. The zero-order chi connectivity index (χ0) is 14.7. The first-order chi connectivity index (χ1) is 9.49. The van der Waals surface area contributed by atoms with Crippen LogP contribution >= 0.6 is 0 Å². The van der Waals surface area contributed by atoms with Crippen LogP contribution in [-0.4, -0.2) is 36.7 Å². The van der Waals surface area contributed by atoms with E-state index >= 15 is 0 Å². The molecule has 0 aromatic carbocycles. The van der Waals surface area contributed by atoms with E-state index in [0.29, 0.717) is 5.82 Å². The first-order valence-corrected chi connectivity index (χ1v) is 5.83. The second-order valence-corrected chi connectivity index (χ2v) is 4.23. The quantitative estimate of drug-likeness (QED) is 0.835. The summed E-state index contributed by atoms with van der Waals surface area (Å²) in [6.07, 6.45) is 2.82. The van der Waals surface area contributed by atoms with Crippen LogP contribution in [0.5, 0.6) is 0 Å². The molecule has 1 amide bonds. The topological polar surface area (TPSA) is 110 Å². The Morgan fingerprint density at radius 1 is 1.45 bits per heavy atom. The van der Waals surface area contributed by atoms with Crippen molar-refractivity contribution in [3.8, 4) is 0 Å². The summed E-state index contributed by atoms with van der Waals surface area (Å²) in [6.45, 7) is 1.77. The molecule has 0 saturated carbocycles. The van der Waals surface area contributed by atoms with Gasteiger partial charge in [-0.1, -0.05) is 0 Å². The molecule has 1 atom stereocenters. The van der Waals surface area contributed by atoms with Crippen LogP contribution in [-0.2, 0) is 7.05 Å². The molecule has 2 heterocycles. The van der Waals surface area contributed by atoms with Crippen molar-refractivity contribution in [2.45, 2.75) is 13.0 Å². The summed E-state index contributed by atoms with van der Waals surface area (Å²) in [5.74, 6) is -0.975. The van der Waals surface area contributed by atoms with Gasteiger partial charge in [0.15, 0.2) is 5.82 Å². The lowest BCUT2D eigenvalue weighted by molar-refractivity contribution is 0.0690. The Kier molecular flexibility index (Phi) is 3.74. The summed E-state index contributed by atoms with van der Waals surface area (Å²) in [7, 11) is 1.77. The van der Waals surface area contributed by atoms with Gasteiger partial charge in [0.25, 0.3) is 5.91 Å². The molecule has 20 heavy (non-hydrogen) atoms. The molecule has 8 heteroatoms. The molecule has 0 fully saturated rings. The number of nitrogens with one attached hydrogen (secondary N) is 1. The smallest absolute Gasteiger partial charge is 0.354 e. The average molecular weight is 275 g/mol. The SMILES string of the molecule is CC(NC(=O)c1ccnc(C(=O)O)c1)c1nncn1C. The summed E-state index contributed by atoms with van der Waals surface area (Å²) in [5, 5.41) is 19.2. The third-order valence-electron chi connectivity index (χ3n) is 2.72. The number of carbonyl (C=O) groups excluding carboxylic acids is 1. The summed E-state index contributed by atoms with van der Waals surface area (Å²) in [6, 6.07) is 2.32. The van der Waals surface area contributed by atoms with Crippen molar-refractivity contribution in [1.82, 2.24) is 25.1 Å². The number of nitrogens with zero attached hydrogens (tertiary/aromatic N) is 4. The summed E-state index contributed by atoms with van der Waals surface area (Å²) in [5.41, 5.74) is 0.0513. The maximum atomic E-state index is 12.0. The number of amides is 1. The van der Waals surface area contributed by atoms with Crippen LogP contribution in [0.2, 0.25) is 0 Å². The van der Waals surface area contributed by atoms with Crippen molar-refractivity contribution in [3.05, 3.63) is 41.7 Å². The maximum absolute atomic E-state index is 12.0. The Bertz CT molecular complexity index is 652. The largest absolute Gasteiger partial charge is 0.477 e. The highest BCUT2D eigenvalue weighted by Gasteiger charge is 2.16. The number of carboxylic acid groups (broad SMARTS) is 1. The van der Waals surface area contributed by atoms with Gasteiger partial charge in [0.05, 0.1) is 6.04 Å². The number of hydrogen-bond donors (Lipinski definition) is 2. The number of aryl methyl sites for hydroxylation is 1. The fraction of sp³-hybridized carbons (Fsp3) is 0.250. The minimum atomic E-state index is -1.18. The van der Waals surface area contributed by atoms with Gasteiger partial charge in [0.1, 0.15) is 12.0 Å². The van der Waals surface area contributed by atoms with E-state index in [2.05, 4.69) is 20.5 Å². The average Bonchev–Trinajstić information content (AvgIpc) is 2.85. The Morgan fingerprint density at radius 3 is 2.80 bits per heavy atom. The van der Waals surface area contributed by atoms with Crippen molar-refractivity contribution >= 4 is 11.9 Å². The second kappa shape index (κ2) is 5.47. The Morgan fingerprint density at radius 2 is 2.20 bits per heavy atom. The number of aromatic carboxylic acids is 1. The van der Waals surface area contributed by atoms with Gasteiger partial charge in [-0.15, -0.1) is 10.2 Å².